The number of aromatic nitrogens is 1. The molecule has 1 amide bonds. The summed E-state index contributed by atoms with van der Waals surface area (Å²) in [5.74, 6) is -0.941. The van der Waals surface area contributed by atoms with Gasteiger partial charge in [-0.2, -0.15) is 13.2 Å². The quantitative estimate of drug-likeness (QED) is 0.687. The van der Waals surface area contributed by atoms with E-state index in [0.717, 1.165) is 12.3 Å². The maximum absolute atomic E-state index is 11.7. The SMILES string of the molecule is O=C(NOCC(F)(F)F)c1cc(Cl)ncc1Cl. The molecule has 17 heavy (non-hydrogen) atoms. The number of carbonyl (C=O) groups excluding carboxylic acids is 1. The third-order valence-electron chi connectivity index (χ3n) is 1.47. The highest BCUT2D eigenvalue weighted by Gasteiger charge is 2.28. The van der Waals surface area contributed by atoms with Gasteiger partial charge in [-0.05, 0) is 6.07 Å². The van der Waals surface area contributed by atoms with Crippen molar-refractivity contribution in [1.82, 2.24) is 10.5 Å². The number of rotatable bonds is 3. The van der Waals surface area contributed by atoms with Crippen LogP contribution in [0.3, 0.4) is 0 Å². The van der Waals surface area contributed by atoms with Gasteiger partial charge in [0.25, 0.3) is 5.91 Å². The molecule has 0 atom stereocenters. The Morgan fingerprint density at radius 2 is 2.12 bits per heavy atom. The number of hydroxylamine groups is 1. The molecule has 94 valence electrons. The number of nitrogens with one attached hydrogen (secondary N) is 1. The Labute approximate surface area is 104 Å². The highest BCUT2D eigenvalue weighted by Crippen LogP contribution is 2.18. The van der Waals surface area contributed by atoms with Gasteiger partial charge in [0.1, 0.15) is 5.15 Å². The van der Waals surface area contributed by atoms with Crippen molar-refractivity contribution in [2.24, 2.45) is 0 Å². The lowest BCUT2D eigenvalue weighted by Crippen LogP contribution is -2.29. The Kier molecular flexibility index (Phi) is 4.55. The van der Waals surface area contributed by atoms with Crippen LogP contribution >= 0.6 is 23.2 Å². The van der Waals surface area contributed by atoms with Crippen LogP contribution in [0.25, 0.3) is 0 Å². The molecule has 1 heterocycles. The lowest BCUT2D eigenvalue weighted by molar-refractivity contribution is -0.184. The van der Waals surface area contributed by atoms with Crippen molar-refractivity contribution in [3.63, 3.8) is 0 Å². The van der Waals surface area contributed by atoms with E-state index in [1.807, 2.05) is 0 Å². The topological polar surface area (TPSA) is 51.2 Å². The molecule has 1 aromatic heterocycles. The highest BCUT2D eigenvalue weighted by atomic mass is 35.5. The molecule has 0 spiro atoms. The van der Waals surface area contributed by atoms with Gasteiger partial charge < -0.3 is 0 Å². The number of hydrogen-bond acceptors (Lipinski definition) is 3. The van der Waals surface area contributed by atoms with Crippen molar-refractivity contribution < 1.29 is 22.8 Å². The maximum atomic E-state index is 11.7. The predicted octanol–water partition coefficient (Wildman–Crippen LogP) is 2.61. The minimum atomic E-state index is -4.53. The van der Waals surface area contributed by atoms with Crippen LogP contribution < -0.4 is 5.48 Å². The molecule has 4 nitrogen and oxygen atoms in total. The summed E-state index contributed by atoms with van der Waals surface area (Å²) in [5.41, 5.74) is 1.46. The van der Waals surface area contributed by atoms with Crippen molar-refractivity contribution in [1.29, 1.82) is 0 Å². The summed E-state index contributed by atoms with van der Waals surface area (Å²) >= 11 is 11.1. The van der Waals surface area contributed by atoms with Crippen LogP contribution in [-0.4, -0.2) is 23.7 Å². The van der Waals surface area contributed by atoms with Crippen molar-refractivity contribution in [2.75, 3.05) is 6.61 Å². The van der Waals surface area contributed by atoms with Gasteiger partial charge in [-0.15, -0.1) is 0 Å². The number of pyridine rings is 1. The van der Waals surface area contributed by atoms with Crippen LogP contribution in [0.4, 0.5) is 13.2 Å². The second-order valence-electron chi connectivity index (χ2n) is 2.82. The molecule has 0 saturated heterocycles. The Balaban J connectivity index is 2.61. The first kappa shape index (κ1) is 14.0. The fraction of sp³-hybridized carbons (Fsp3) is 0.250. The first-order valence-corrected chi connectivity index (χ1v) is 4.85. The van der Waals surface area contributed by atoms with Crippen LogP contribution in [0.1, 0.15) is 10.4 Å². The Morgan fingerprint density at radius 1 is 1.47 bits per heavy atom. The lowest BCUT2D eigenvalue weighted by atomic mass is 10.2. The normalized spacial score (nSPS) is 11.4. The molecule has 0 aliphatic heterocycles. The van der Waals surface area contributed by atoms with Gasteiger partial charge in [0.15, 0.2) is 6.61 Å². The molecule has 1 rings (SSSR count). The monoisotopic (exact) mass is 288 g/mol. The van der Waals surface area contributed by atoms with Gasteiger partial charge in [-0.25, -0.2) is 10.5 Å². The van der Waals surface area contributed by atoms with E-state index in [-0.39, 0.29) is 15.7 Å². The molecule has 0 radical (unpaired) electrons. The van der Waals surface area contributed by atoms with Crippen LogP contribution in [0.2, 0.25) is 10.2 Å². The number of hydrogen-bond donors (Lipinski definition) is 1. The average Bonchev–Trinajstić information content (AvgIpc) is 2.19. The molecule has 0 aliphatic rings. The molecule has 0 saturated carbocycles. The summed E-state index contributed by atoms with van der Waals surface area (Å²) < 4.78 is 35.2. The molecule has 0 fully saturated rings. The summed E-state index contributed by atoms with van der Waals surface area (Å²) in [6.07, 6.45) is -3.43. The zero-order valence-electron chi connectivity index (χ0n) is 8.02. The third kappa shape index (κ3) is 4.76. The third-order valence-corrected chi connectivity index (χ3v) is 1.98. The number of halogens is 5. The van der Waals surface area contributed by atoms with Gasteiger partial charge in [0.05, 0.1) is 10.6 Å². The molecular formula is C8H5Cl2F3N2O2. The molecule has 0 aliphatic carbocycles. The van der Waals surface area contributed by atoms with Crippen molar-refractivity contribution in [3.8, 4) is 0 Å². The molecule has 1 N–H and O–H groups in total. The van der Waals surface area contributed by atoms with E-state index in [1.54, 1.807) is 5.48 Å². The Morgan fingerprint density at radius 3 is 2.71 bits per heavy atom. The van der Waals surface area contributed by atoms with E-state index in [4.69, 9.17) is 23.2 Å². The highest BCUT2D eigenvalue weighted by molar-refractivity contribution is 6.35. The van der Waals surface area contributed by atoms with E-state index in [2.05, 4.69) is 9.82 Å². The average molecular weight is 289 g/mol. The van der Waals surface area contributed by atoms with E-state index >= 15 is 0 Å². The molecule has 9 heteroatoms. The van der Waals surface area contributed by atoms with E-state index in [9.17, 15) is 18.0 Å². The van der Waals surface area contributed by atoms with Crippen LogP contribution in [0.15, 0.2) is 12.3 Å². The fourth-order valence-electron chi connectivity index (χ4n) is 0.826. The summed E-state index contributed by atoms with van der Waals surface area (Å²) in [4.78, 5) is 18.9. The van der Waals surface area contributed by atoms with E-state index in [0.29, 0.717) is 0 Å². The first-order chi connectivity index (χ1) is 7.79. The van der Waals surface area contributed by atoms with Crippen molar-refractivity contribution >= 4 is 29.1 Å². The summed E-state index contributed by atoms with van der Waals surface area (Å²) in [7, 11) is 0. The van der Waals surface area contributed by atoms with Gasteiger partial charge in [-0.3, -0.25) is 9.63 Å². The van der Waals surface area contributed by atoms with Crippen molar-refractivity contribution in [2.45, 2.75) is 6.18 Å². The smallest absolute Gasteiger partial charge is 0.267 e. The number of carbonyl (C=O) groups is 1. The maximum Gasteiger partial charge on any atom is 0.414 e. The van der Waals surface area contributed by atoms with Crippen LogP contribution in [-0.2, 0) is 4.84 Å². The standard InChI is InChI=1S/C8H5Cl2F3N2O2/c9-5-2-14-6(10)1-4(5)7(16)15-17-3-8(11,12)13/h1-2H,3H2,(H,15,16). The lowest BCUT2D eigenvalue weighted by Gasteiger charge is -2.09. The van der Waals surface area contributed by atoms with E-state index in [1.165, 1.54) is 0 Å². The summed E-state index contributed by atoms with van der Waals surface area (Å²) in [6.45, 7) is -1.60. The molecule has 0 aromatic carbocycles. The van der Waals surface area contributed by atoms with Gasteiger partial charge >= 0.3 is 6.18 Å². The number of nitrogens with zero attached hydrogens (tertiary/aromatic N) is 1. The zero-order chi connectivity index (χ0) is 13.1. The van der Waals surface area contributed by atoms with Gasteiger partial charge in [0, 0.05) is 6.20 Å². The van der Waals surface area contributed by atoms with E-state index < -0.39 is 18.7 Å². The first-order valence-electron chi connectivity index (χ1n) is 4.09. The van der Waals surface area contributed by atoms with Gasteiger partial charge in [-0.1, -0.05) is 23.2 Å². The second kappa shape index (κ2) is 5.52. The Hall–Kier alpha value is -1.05. The molecular weight excluding hydrogens is 284 g/mol. The molecule has 1 aromatic rings. The van der Waals surface area contributed by atoms with Gasteiger partial charge in [0.2, 0.25) is 0 Å². The largest absolute Gasteiger partial charge is 0.414 e. The van der Waals surface area contributed by atoms with Crippen LogP contribution in [0, 0.1) is 0 Å². The summed E-state index contributed by atoms with van der Waals surface area (Å²) in [6, 6.07) is 1.11. The second-order valence-corrected chi connectivity index (χ2v) is 3.62. The van der Waals surface area contributed by atoms with Crippen LogP contribution in [0.5, 0.6) is 0 Å². The van der Waals surface area contributed by atoms with Crippen molar-refractivity contribution in [3.05, 3.63) is 28.0 Å². The minimum absolute atomic E-state index is 0.0182. The minimum Gasteiger partial charge on any atom is -0.267 e. The molecule has 0 unspecified atom stereocenters. The number of amides is 1. The molecule has 0 bridgehead atoms. The Bertz CT molecular complexity index is 426. The summed E-state index contributed by atoms with van der Waals surface area (Å²) in [5, 5.41) is -0.0714. The fourth-order valence-corrected chi connectivity index (χ4v) is 1.17. The predicted molar refractivity (Wildman–Crippen MR) is 53.7 cm³/mol. The zero-order valence-corrected chi connectivity index (χ0v) is 9.53. The number of alkyl halides is 3.